The second-order valence-corrected chi connectivity index (χ2v) is 9.31. The number of amides is 2. The van der Waals surface area contributed by atoms with Crippen LogP contribution in [0.25, 0.3) is 11.0 Å². The summed E-state index contributed by atoms with van der Waals surface area (Å²) in [6.07, 6.45) is 4.75. The molecule has 0 bridgehead atoms. The number of imidazole rings is 1. The first-order valence-electron chi connectivity index (χ1n) is 10.6. The number of halogens is 1. The lowest BCUT2D eigenvalue weighted by Crippen LogP contribution is -2.33. The molecular weight excluding hydrogens is 443 g/mol. The first kappa shape index (κ1) is 22.7. The van der Waals surface area contributed by atoms with E-state index in [0.717, 1.165) is 42.7 Å². The Hall–Kier alpha value is -2.45. The van der Waals surface area contributed by atoms with Gasteiger partial charge in [-0.2, -0.15) is 11.8 Å². The van der Waals surface area contributed by atoms with E-state index in [-0.39, 0.29) is 17.9 Å². The van der Waals surface area contributed by atoms with E-state index in [1.165, 1.54) is 0 Å². The quantitative estimate of drug-likeness (QED) is 0.523. The molecule has 164 valence electrons. The minimum absolute atomic E-state index is 0.0780. The van der Waals surface area contributed by atoms with Crippen molar-refractivity contribution >= 4 is 59.5 Å². The molecule has 3 aromatic rings. The van der Waals surface area contributed by atoms with E-state index in [0.29, 0.717) is 33.9 Å². The molecule has 2 N–H and O–H groups in total. The van der Waals surface area contributed by atoms with E-state index in [2.05, 4.69) is 15.3 Å². The molecule has 32 heavy (non-hydrogen) atoms. The van der Waals surface area contributed by atoms with Crippen LogP contribution < -0.4 is 10.8 Å². The van der Waals surface area contributed by atoms with Gasteiger partial charge in [-0.3, -0.25) is 9.59 Å². The number of H-pyrrole nitrogens is 1. The van der Waals surface area contributed by atoms with E-state index in [4.69, 9.17) is 19.4 Å². The van der Waals surface area contributed by atoms with Crippen molar-refractivity contribution in [1.82, 2.24) is 20.2 Å². The zero-order valence-corrected chi connectivity index (χ0v) is 19.4. The number of likely N-dealkylation sites (tertiary alicyclic amines) is 1. The number of carbonyl (C=O) groups excluding carboxylic acids is 2. The summed E-state index contributed by atoms with van der Waals surface area (Å²) in [7, 11) is 6.15. The van der Waals surface area contributed by atoms with Gasteiger partial charge in [0.1, 0.15) is 13.7 Å². The number of benzene rings is 2. The topological polar surface area (TPSA) is 78.1 Å². The van der Waals surface area contributed by atoms with Crippen LogP contribution in [0.1, 0.15) is 51.8 Å². The number of rotatable bonds is 7. The Labute approximate surface area is 197 Å². The van der Waals surface area contributed by atoms with Gasteiger partial charge in [0.2, 0.25) is 0 Å². The second-order valence-electron chi connectivity index (χ2n) is 7.89. The average molecular weight is 467 g/mol. The van der Waals surface area contributed by atoms with E-state index < -0.39 is 0 Å². The largest absolute Gasteiger partial charge is 0.342 e. The summed E-state index contributed by atoms with van der Waals surface area (Å²) in [5.41, 5.74) is 2.78. The highest BCUT2D eigenvalue weighted by Gasteiger charge is 2.23. The maximum Gasteiger partial charge on any atom is 0.253 e. The molecule has 2 heterocycles. The molecule has 4 rings (SSSR count). The van der Waals surface area contributed by atoms with Gasteiger partial charge >= 0.3 is 0 Å². The molecule has 1 saturated heterocycles. The molecule has 0 saturated carbocycles. The number of nitrogens with one attached hydrogen (secondary N) is 2. The number of thioether (sulfide) groups is 1. The van der Waals surface area contributed by atoms with Gasteiger partial charge < -0.3 is 15.2 Å². The van der Waals surface area contributed by atoms with Crippen LogP contribution in [0.3, 0.4) is 0 Å². The minimum Gasteiger partial charge on any atom is -0.342 e. The molecule has 6 nitrogen and oxygen atoms in total. The summed E-state index contributed by atoms with van der Waals surface area (Å²) in [6, 6.07) is 10.0. The standard InChI is InChI=1S/C23H24BClN4O2S/c1-32-11-8-19(21-26-18-7-5-15(25)13-20(18)27-21)28-22(30)14-4-6-16(17(24)12-14)23(31)29-9-2-3-10-29/h4-7,12-13,19H,2-3,8-11H2,1H3,(H,26,27)(H,28,30)/t19-/m0/s1. The Morgan fingerprint density at radius 3 is 2.75 bits per heavy atom. The fraction of sp³-hybridized carbons (Fsp3) is 0.348. The lowest BCUT2D eigenvalue weighted by molar-refractivity contribution is 0.0793. The van der Waals surface area contributed by atoms with Crippen molar-refractivity contribution in [3.8, 4) is 0 Å². The van der Waals surface area contributed by atoms with Gasteiger partial charge in [0.25, 0.3) is 11.8 Å². The number of hydrogen-bond donors (Lipinski definition) is 2. The van der Waals surface area contributed by atoms with Crippen LogP contribution in [0.2, 0.25) is 5.02 Å². The van der Waals surface area contributed by atoms with Crippen molar-refractivity contribution in [3.63, 3.8) is 0 Å². The predicted octanol–water partition coefficient (Wildman–Crippen LogP) is 3.47. The Bertz CT molecular complexity index is 1150. The molecule has 2 aromatic carbocycles. The molecule has 1 fully saturated rings. The summed E-state index contributed by atoms with van der Waals surface area (Å²) in [5, 5.41) is 3.68. The van der Waals surface area contributed by atoms with Crippen molar-refractivity contribution in [1.29, 1.82) is 0 Å². The normalized spacial score (nSPS) is 14.6. The van der Waals surface area contributed by atoms with Crippen molar-refractivity contribution in [2.75, 3.05) is 25.1 Å². The number of aromatic nitrogens is 2. The number of carbonyl (C=O) groups is 2. The third-order valence-electron chi connectivity index (χ3n) is 5.65. The molecule has 1 aliphatic rings. The molecule has 9 heteroatoms. The first-order chi connectivity index (χ1) is 15.5. The van der Waals surface area contributed by atoms with Gasteiger partial charge in [0.15, 0.2) is 0 Å². The van der Waals surface area contributed by atoms with Crippen LogP contribution in [-0.4, -0.2) is 59.6 Å². The lowest BCUT2D eigenvalue weighted by atomic mass is 9.88. The summed E-state index contributed by atoms with van der Waals surface area (Å²) < 4.78 is 0. The van der Waals surface area contributed by atoms with Gasteiger partial charge in [-0.05, 0) is 61.6 Å². The zero-order chi connectivity index (χ0) is 22.7. The maximum atomic E-state index is 13.0. The summed E-state index contributed by atoms with van der Waals surface area (Å²) >= 11 is 7.79. The smallest absolute Gasteiger partial charge is 0.253 e. The van der Waals surface area contributed by atoms with Crippen LogP contribution in [0.5, 0.6) is 0 Å². The minimum atomic E-state index is -0.298. The van der Waals surface area contributed by atoms with Crippen LogP contribution in [-0.2, 0) is 0 Å². The van der Waals surface area contributed by atoms with Crippen LogP contribution in [0.4, 0.5) is 0 Å². The van der Waals surface area contributed by atoms with Crippen LogP contribution in [0.15, 0.2) is 36.4 Å². The lowest BCUT2D eigenvalue weighted by Gasteiger charge is -2.19. The van der Waals surface area contributed by atoms with Gasteiger partial charge in [0.05, 0.1) is 17.1 Å². The molecule has 1 aromatic heterocycles. The molecule has 2 radical (unpaired) electrons. The summed E-state index contributed by atoms with van der Waals surface area (Å²) in [5.74, 6) is 1.19. The molecule has 1 aliphatic heterocycles. The highest BCUT2D eigenvalue weighted by molar-refractivity contribution is 7.98. The second kappa shape index (κ2) is 10.0. The van der Waals surface area contributed by atoms with E-state index >= 15 is 0 Å². The zero-order valence-electron chi connectivity index (χ0n) is 17.9. The highest BCUT2D eigenvalue weighted by atomic mass is 35.5. The maximum absolute atomic E-state index is 13.0. The number of hydrogen-bond acceptors (Lipinski definition) is 4. The van der Waals surface area contributed by atoms with Crippen molar-refractivity contribution in [3.05, 3.63) is 58.4 Å². The van der Waals surface area contributed by atoms with Gasteiger partial charge in [-0.15, -0.1) is 0 Å². The average Bonchev–Trinajstić information content (AvgIpc) is 3.45. The van der Waals surface area contributed by atoms with Crippen molar-refractivity contribution in [2.45, 2.75) is 25.3 Å². The molecular formula is C23H24BClN4O2S. The molecule has 0 spiro atoms. The monoisotopic (exact) mass is 466 g/mol. The summed E-state index contributed by atoms with van der Waals surface area (Å²) in [4.78, 5) is 35.4. The highest BCUT2D eigenvalue weighted by Crippen LogP contribution is 2.23. The van der Waals surface area contributed by atoms with Gasteiger partial charge in [0, 0.05) is 29.2 Å². The Morgan fingerprint density at radius 2 is 2.03 bits per heavy atom. The number of fused-ring (bicyclic) bond motifs is 1. The molecule has 2 amide bonds. The third-order valence-corrected chi connectivity index (χ3v) is 6.52. The van der Waals surface area contributed by atoms with E-state index in [1.807, 2.05) is 18.4 Å². The van der Waals surface area contributed by atoms with Gasteiger partial charge in [-0.25, -0.2) is 4.98 Å². The molecule has 1 atom stereocenters. The first-order valence-corrected chi connectivity index (χ1v) is 12.4. The van der Waals surface area contributed by atoms with Crippen molar-refractivity contribution < 1.29 is 9.59 Å². The predicted molar refractivity (Wildman–Crippen MR) is 131 cm³/mol. The number of nitrogens with zero attached hydrogens (tertiary/aromatic N) is 2. The SMILES string of the molecule is [B]c1cc(C(=O)N[C@@H](CCSC)c2nc3ccc(Cl)cc3[nH]2)ccc1C(=O)N1CCCC1. The van der Waals surface area contributed by atoms with E-state index in [9.17, 15) is 9.59 Å². The van der Waals surface area contributed by atoms with Crippen molar-refractivity contribution in [2.24, 2.45) is 0 Å². The summed E-state index contributed by atoms with van der Waals surface area (Å²) in [6.45, 7) is 1.50. The molecule has 0 aliphatic carbocycles. The van der Waals surface area contributed by atoms with Crippen LogP contribution in [0, 0.1) is 0 Å². The van der Waals surface area contributed by atoms with Gasteiger partial charge in [-0.1, -0.05) is 23.1 Å². The Kier molecular flexibility index (Phi) is 7.11. The fourth-order valence-corrected chi connectivity index (χ4v) is 4.55. The fourth-order valence-electron chi connectivity index (χ4n) is 3.91. The number of aromatic amines is 1. The van der Waals surface area contributed by atoms with Crippen LogP contribution >= 0.6 is 23.4 Å². The molecule has 0 unspecified atom stereocenters. The third kappa shape index (κ3) is 4.97. The van der Waals surface area contributed by atoms with E-state index in [1.54, 1.807) is 40.9 Å². The Balaban J connectivity index is 1.53. The Morgan fingerprint density at radius 1 is 1.25 bits per heavy atom.